The molecule has 0 spiro atoms. The predicted molar refractivity (Wildman–Crippen MR) is 143 cm³/mol. The van der Waals surface area contributed by atoms with Crippen LogP contribution >= 0.6 is 23.5 Å². The number of hydrogen-bond donors (Lipinski definition) is 6. The van der Waals surface area contributed by atoms with Crippen molar-refractivity contribution in [1.82, 2.24) is 9.55 Å². The summed E-state index contributed by atoms with van der Waals surface area (Å²) in [5, 5.41) is 21.9. The van der Waals surface area contributed by atoms with Crippen LogP contribution in [0.25, 0.3) is 0 Å². The minimum atomic E-state index is -5.75. The molecule has 1 aliphatic heterocycles. The lowest BCUT2D eigenvalue weighted by molar-refractivity contribution is -0.386. The summed E-state index contributed by atoms with van der Waals surface area (Å²) in [4.78, 5) is 63.4. The molecule has 23 heteroatoms. The Bertz CT molecular complexity index is 1530. The van der Waals surface area contributed by atoms with E-state index in [1.54, 1.807) is 26.0 Å². The molecule has 20 nitrogen and oxygen atoms in total. The van der Waals surface area contributed by atoms with Gasteiger partial charge in [-0.1, -0.05) is 26.0 Å². The van der Waals surface area contributed by atoms with Crippen LogP contribution < -0.4 is 11.4 Å². The molecule has 0 saturated carbocycles. The van der Waals surface area contributed by atoms with Crippen LogP contribution in [-0.2, 0) is 42.9 Å². The highest BCUT2D eigenvalue weighted by atomic mass is 31.3. The number of nitro benzene ring substituents is 1. The Labute approximate surface area is 242 Å². The Balaban J connectivity index is 1.72. The van der Waals surface area contributed by atoms with Gasteiger partial charge in [-0.3, -0.25) is 19.2 Å². The fourth-order valence-electron chi connectivity index (χ4n) is 4.06. The van der Waals surface area contributed by atoms with Crippen molar-refractivity contribution in [2.24, 2.45) is 5.92 Å². The van der Waals surface area contributed by atoms with Gasteiger partial charge in [0, 0.05) is 24.2 Å². The lowest BCUT2D eigenvalue weighted by Crippen LogP contribution is -2.29. The van der Waals surface area contributed by atoms with E-state index in [1.165, 1.54) is 18.3 Å². The molecule has 240 valence electrons. The zero-order valence-electron chi connectivity index (χ0n) is 22.4. The molecule has 3 rings (SSSR count). The second-order valence-electron chi connectivity index (χ2n) is 9.45. The Morgan fingerprint density at radius 3 is 2.42 bits per heavy atom. The molecule has 7 N–H and O–H groups in total. The van der Waals surface area contributed by atoms with Crippen molar-refractivity contribution < 1.29 is 65.9 Å². The van der Waals surface area contributed by atoms with Gasteiger partial charge >= 0.3 is 29.2 Å². The molecule has 0 aliphatic carbocycles. The third-order valence-electron chi connectivity index (χ3n) is 5.86. The highest BCUT2D eigenvalue weighted by Crippen LogP contribution is 2.66. The number of ether oxygens (including phenoxy) is 2. The van der Waals surface area contributed by atoms with Gasteiger partial charge in [0.15, 0.2) is 0 Å². The van der Waals surface area contributed by atoms with Gasteiger partial charge < -0.3 is 39.9 Å². The fourth-order valence-corrected chi connectivity index (χ4v) is 7.09. The first-order valence-corrected chi connectivity index (χ1v) is 16.6. The summed E-state index contributed by atoms with van der Waals surface area (Å²) >= 11 is 0. The molecule has 1 aromatic heterocycles. The van der Waals surface area contributed by atoms with Crippen LogP contribution in [0.1, 0.15) is 43.7 Å². The van der Waals surface area contributed by atoms with Crippen molar-refractivity contribution >= 4 is 35.0 Å². The molecule has 43 heavy (non-hydrogen) atoms. The number of para-hydroxylation sites is 1. The number of rotatable bonds is 14. The van der Waals surface area contributed by atoms with E-state index in [-0.39, 0.29) is 36.0 Å². The van der Waals surface area contributed by atoms with Crippen LogP contribution in [0.2, 0.25) is 0 Å². The first kappa shape index (κ1) is 35.1. The molecule has 6 atom stereocenters. The van der Waals surface area contributed by atoms with Gasteiger partial charge in [-0.2, -0.15) is 13.6 Å². The number of phosphoric ester groups is 1. The first-order valence-electron chi connectivity index (χ1n) is 12.1. The summed E-state index contributed by atoms with van der Waals surface area (Å²) in [6, 6.07) is 6.04. The third-order valence-corrected chi connectivity index (χ3v) is 9.66. The maximum Gasteiger partial charge on any atom is 0.490 e. The first-order chi connectivity index (χ1) is 19.8. The monoisotopic (exact) mass is 674 g/mol. The van der Waals surface area contributed by atoms with Crippen LogP contribution in [0.15, 0.2) is 35.3 Å². The molecule has 0 amide bonds. The zero-order valence-corrected chi connectivity index (χ0v) is 25.1. The Morgan fingerprint density at radius 1 is 1.16 bits per heavy atom. The number of benzene rings is 1. The van der Waals surface area contributed by atoms with E-state index in [2.05, 4.69) is 18.1 Å². The smallest absolute Gasteiger partial charge is 0.390 e. The van der Waals surface area contributed by atoms with Gasteiger partial charge in [-0.25, -0.2) is 18.5 Å². The van der Waals surface area contributed by atoms with Crippen LogP contribution in [0, 0.1) is 16.0 Å². The van der Waals surface area contributed by atoms with Crippen molar-refractivity contribution in [2.75, 3.05) is 12.3 Å². The number of aliphatic hydroxyl groups is 1. The standard InChI is InChI=1S/C20H29N4O16P3/c1-11(2)18(13-5-3-4-6-14(13)24(27)28)36-9-12-8-23(20(26)22-19(12)21)17-7-15(25)16(38-17)10-37-42(32,33)40-43(34,35)39-41(29,30)31/h3-6,8,11,15-18,25H,7,9-10H2,1-2H3,(H,32,33)(H,34,35)(H2,21,22,26)(H2,29,30,31)/t15?,16-,17-,18+/m1/s1. The second-order valence-corrected chi connectivity index (χ2v) is 13.9. The van der Waals surface area contributed by atoms with Crippen LogP contribution in [0.3, 0.4) is 0 Å². The maximum atomic E-state index is 12.6. The molecule has 0 radical (unpaired) electrons. The van der Waals surface area contributed by atoms with Crippen LogP contribution in [0.5, 0.6) is 0 Å². The zero-order chi connectivity index (χ0) is 32.3. The van der Waals surface area contributed by atoms with Crippen molar-refractivity contribution in [3.63, 3.8) is 0 Å². The van der Waals surface area contributed by atoms with Crippen LogP contribution in [-0.4, -0.2) is 58.0 Å². The van der Waals surface area contributed by atoms with E-state index in [0.29, 0.717) is 5.56 Å². The van der Waals surface area contributed by atoms with Crippen molar-refractivity contribution in [2.45, 2.75) is 51.4 Å². The van der Waals surface area contributed by atoms with Gasteiger partial charge in [0.05, 0.1) is 35.9 Å². The van der Waals surface area contributed by atoms with Crippen molar-refractivity contribution in [3.05, 3.63) is 62.2 Å². The van der Waals surface area contributed by atoms with E-state index in [4.69, 9.17) is 25.0 Å². The molecule has 0 bridgehead atoms. The summed E-state index contributed by atoms with van der Waals surface area (Å²) in [5.74, 6) is -0.418. The lowest BCUT2D eigenvalue weighted by atomic mass is 9.97. The molecule has 1 aliphatic rings. The second kappa shape index (κ2) is 13.7. The SMILES string of the molecule is CC(C)[C@H](OCc1cn([C@H]2CC(O)[C@@H](COP(=O)(O)OP(=O)(O)OP(=O)(O)O)O2)c(=O)nc1N)c1ccccc1[N+](=O)[O-]. The summed E-state index contributed by atoms with van der Waals surface area (Å²) in [5.41, 5.74) is 5.38. The van der Waals surface area contributed by atoms with E-state index in [1.807, 2.05) is 0 Å². The predicted octanol–water partition coefficient (Wildman–Crippen LogP) is 1.64. The van der Waals surface area contributed by atoms with E-state index < -0.39 is 65.2 Å². The van der Waals surface area contributed by atoms with E-state index in [0.717, 1.165) is 4.57 Å². The van der Waals surface area contributed by atoms with Gasteiger partial charge in [-0.05, 0) is 12.0 Å². The molecule has 1 fully saturated rings. The average molecular weight is 674 g/mol. The number of nitro groups is 1. The largest absolute Gasteiger partial charge is 0.490 e. The summed E-state index contributed by atoms with van der Waals surface area (Å²) in [6.45, 7) is 2.40. The van der Waals surface area contributed by atoms with Crippen molar-refractivity contribution in [1.29, 1.82) is 0 Å². The summed E-state index contributed by atoms with van der Waals surface area (Å²) in [7, 11) is -16.8. The van der Waals surface area contributed by atoms with Crippen LogP contribution in [0.4, 0.5) is 11.5 Å². The highest BCUT2D eigenvalue weighted by molar-refractivity contribution is 7.66. The fraction of sp³-hybridized carbons (Fsp3) is 0.500. The maximum absolute atomic E-state index is 12.6. The highest BCUT2D eigenvalue weighted by Gasteiger charge is 2.43. The summed E-state index contributed by atoms with van der Waals surface area (Å²) < 4.78 is 58.4. The normalized spacial score (nSPS) is 22.7. The topological polar surface area (TPSA) is 303 Å². The number of nitrogens with zero attached hydrogens (tertiary/aromatic N) is 3. The number of nitrogens with two attached hydrogens (primary N) is 1. The number of nitrogen functional groups attached to an aromatic ring is 1. The molecule has 1 aromatic carbocycles. The molecular formula is C20H29N4O16P3. The summed E-state index contributed by atoms with van der Waals surface area (Å²) in [6.07, 6.45) is -3.79. The van der Waals surface area contributed by atoms with Gasteiger partial charge in [0.25, 0.3) is 5.69 Å². The molecule has 2 heterocycles. The Kier molecular flexibility index (Phi) is 11.2. The number of anilines is 1. The van der Waals surface area contributed by atoms with E-state index >= 15 is 0 Å². The Hall–Kier alpha value is -2.41. The minimum absolute atomic E-state index is 0.146. The number of phosphoric acid groups is 3. The molecule has 1 saturated heterocycles. The number of aliphatic hydroxyl groups excluding tert-OH is 1. The number of aromatic nitrogens is 2. The molecule has 2 aromatic rings. The average Bonchev–Trinajstić information content (AvgIpc) is 3.22. The number of hydrogen-bond acceptors (Lipinski definition) is 14. The third kappa shape index (κ3) is 9.79. The molecule has 3 unspecified atom stereocenters. The molecular weight excluding hydrogens is 645 g/mol. The lowest BCUT2D eigenvalue weighted by Gasteiger charge is -2.23. The van der Waals surface area contributed by atoms with Gasteiger partial charge in [-0.15, -0.1) is 0 Å². The minimum Gasteiger partial charge on any atom is -0.390 e. The Morgan fingerprint density at radius 2 is 1.81 bits per heavy atom. The van der Waals surface area contributed by atoms with Gasteiger partial charge in [0.2, 0.25) is 0 Å². The van der Waals surface area contributed by atoms with Crippen molar-refractivity contribution in [3.8, 4) is 0 Å². The van der Waals surface area contributed by atoms with E-state index in [9.17, 15) is 43.5 Å². The quantitative estimate of drug-likeness (QED) is 0.0942. The van der Waals surface area contributed by atoms with Gasteiger partial charge in [0.1, 0.15) is 18.1 Å².